The molecular formula is C13H13NO3S. The fourth-order valence-electron chi connectivity index (χ4n) is 2.20. The van der Waals surface area contributed by atoms with Crippen LogP contribution < -0.4 is 0 Å². The highest BCUT2D eigenvalue weighted by Crippen LogP contribution is 2.39. The normalized spacial score (nSPS) is 25.6. The molecule has 1 aromatic carbocycles. The van der Waals surface area contributed by atoms with Gasteiger partial charge in [0.05, 0.1) is 11.8 Å². The number of rotatable bonds is 3. The Kier molecular flexibility index (Phi) is 2.99. The van der Waals surface area contributed by atoms with E-state index in [2.05, 4.69) is 0 Å². The van der Waals surface area contributed by atoms with Crippen LogP contribution in [0.3, 0.4) is 0 Å². The number of thioether (sulfide) groups is 1. The van der Waals surface area contributed by atoms with E-state index < -0.39 is 0 Å². The van der Waals surface area contributed by atoms with Gasteiger partial charge in [0.15, 0.2) is 0 Å². The molecule has 0 unspecified atom stereocenters. The maximum atomic E-state index is 11.9. The third-order valence-electron chi connectivity index (χ3n) is 3.23. The van der Waals surface area contributed by atoms with Gasteiger partial charge in [0.25, 0.3) is 0 Å². The van der Waals surface area contributed by atoms with Crippen LogP contribution in [0.5, 0.6) is 0 Å². The lowest BCUT2D eigenvalue weighted by Crippen LogP contribution is -2.54. The lowest BCUT2D eigenvalue weighted by molar-refractivity contribution is -0.160. The molecule has 2 aliphatic heterocycles. The summed E-state index contributed by atoms with van der Waals surface area (Å²) in [5, 5.41) is 0.201. The molecule has 0 bridgehead atoms. The van der Waals surface area contributed by atoms with E-state index in [0.29, 0.717) is 12.2 Å². The third kappa shape index (κ3) is 1.99. The van der Waals surface area contributed by atoms with E-state index in [1.807, 2.05) is 30.3 Å². The Morgan fingerprint density at radius 3 is 2.89 bits per heavy atom. The van der Waals surface area contributed by atoms with Gasteiger partial charge < -0.3 is 9.64 Å². The van der Waals surface area contributed by atoms with Gasteiger partial charge in [-0.1, -0.05) is 30.3 Å². The van der Waals surface area contributed by atoms with Crippen LogP contribution in [0.1, 0.15) is 12.0 Å². The minimum absolute atomic E-state index is 0.0617. The highest BCUT2D eigenvalue weighted by Gasteiger charge is 2.49. The highest BCUT2D eigenvalue weighted by atomic mass is 32.2. The molecule has 1 amide bonds. The molecule has 2 aliphatic rings. The number of fused-ring (bicyclic) bond motifs is 1. The van der Waals surface area contributed by atoms with Gasteiger partial charge >= 0.3 is 5.97 Å². The number of ether oxygens (including phenoxy) is 1. The average molecular weight is 263 g/mol. The second-order valence-electron chi connectivity index (χ2n) is 4.40. The second-order valence-corrected chi connectivity index (χ2v) is 5.61. The minimum atomic E-state index is -0.384. The van der Waals surface area contributed by atoms with Crippen molar-refractivity contribution in [2.45, 2.75) is 24.4 Å². The van der Waals surface area contributed by atoms with Gasteiger partial charge in [0, 0.05) is 5.75 Å². The summed E-state index contributed by atoms with van der Waals surface area (Å²) in [6.45, 7) is 0.271. The van der Waals surface area contributed by atoms with E-state index in [1.165, 1.54) is 0 Å². The Morgan fingerprint density at radius 2 is 2.17 bits per heavy atom. The zero-order valence-corrected chi connectivity index (χ0v) is 10.6. The molecule has 0 radical (unpaired) electrons. The van der Waals surface area contributed by atoms with Gasteiger partial charge in [-0.25, -0.2) is 4.79 Å². The standard InChI is InChI=1S/C13H13NO3S/c15-11-6-12-14(11)10(8-18-12)13(16)17-7-9-4-2-1-3-5-9/h1-5,10,12H,6-8H2/t10-,12-/m1/s1. The fraction of sp³-hybridized carbons (Fsp3) is 0.385. The third-order valence-corrected chi connectivity index (χ3v) is 4.51. The number of β-lactam (4-membered cyclic amide) rings is 1. The molecule has 0 spiro atoms. The first-order valence-corrected chi connectivity index (χ1v) is 6.94. The lowest BCUT2D eigenvalue weighted by atomic mass is 10.1. The Hall–Kier alpha value is -1.49. The number of hydrogen-bond acceptors (Lipinski definition) is 4. The number of esters is 1. The maximum Gasteiger partial charge on any atom is 0.330 e. The summed E-state index contributed by atoms with van der Waals surface area (Å²) in [5.74, 6) is 0.429. The van der Waals surface area contributed by atoms with Crippen molar-refractivity contribution in [1.82, 2.24) is 4.90 Å². The monoisotopic (exact) mass is 263 g/mol. The molecule has 2 saturated heterocycles. The predicted molar refractivity (Wildman–Crippen MR) is 67.7 cm³/mol. The highest BCUT2D eigenvalue weighted by molar-refractivity contribution is 8.00. The van der Waals surface area contributed by atoms with Crippen molar-refractivity contribution in [3.63, 3.8) is 0 Å². The molecule has 18 heavy (non-hydrogen) atoms. The van der Waals surface area contributed by atoms with Gasteiger partial charge in [0.2, 0.25) is 5.91 Å². The SMILES string of the molecule is O=C(OCc1ccccc1)[C@H]1CS[C@@H]2CC(=O)N12. The second kappa shape index (κ2) is 4.65. The molecule has 5 heteroatoms. The van der Waals surface area contributed by atoms with E-state index in [4.69, 9.17) is 4.74 Å². The number of hydrogen-bond donors (Lipinski definition) is 0. The predicted octanol–water partition coefficient (Wildman–Crippen LogP) is 1.40. The molecule has 2 fully saturated rings. The molecule has 0 saturated carbocycles. The van der Waals surface area contributed by atoms with Gasteiger partial charge in [-0.2, -0.15) is 0 Å². The van der Waals surface area contributed by atoms with Gasteiger partial charge in [-0.3, -0.25) is 4.79 Å². The number of carbonyl (C=O) groups is 2. The summed E-state index contributed by atoms with van der Waals surface area (Å²) in [5.41, 5.74) is 0.961. The van der Waals surface area contributed by atoms with E-state index in [0.717, 1.165) is 5.56 Å². The molecule has 3 rings (SSSR count). The van der Waals surface area contributed by atoms with Gasteiger partial charge in [-0.15, -0.1) is 11.8 Å². The van der Waals surface area contributed by atoms with Gasteiger partial charge in [-0.05, 0) is 5.56 Å². The first kappa shape index (κ1) is 11.6. The average Bonchev–Trinajstić information content (AvgIpc) is 2.74. The molecule has 2 atom stereocenters. The fourth-order valence-corrected chi connectivity index (χ4v) is 3.59. The Balaban J connectivity index is 1.57. The zero-order chi connectivity index (χ0) is 12.5. The minimum Gasteiger partial charge on any atom is -0.459 e. The largest absolute Gasteiger partial charge is 0.459 e. The summed E-state index contributed by atoms with van der Waals surface area (Å²) in [4.78, 5) is 25.0. The molecule has 0 aliphatic carbocycles. The maximum absolute atomic E-state index is 11.9. The van der Waals surface area contributed by atoms with Crippen molar-refractivity contribution in [1.29, 1.82) is 0 Å². The van der Waals surface area contributed by atoms with Crippen LogP contribution in [-0.4, -0.2) is 33.9 Å². The summed E-state index contributed by atoms with van der Waals surface area (Å²) in [6.07, 6.45) is 0.563. The Labute approximate surface area is 109 Å². The zero-order valence-electron chi connectivity index (χ0n) is 9.74. The van der Waals surface area contributed by atoms with Crippen molar-refractivity contribution < 1.29 is 14.3 Å². The van der Waals surface area contributed by atoms with E-state index in [9.17, 15) is 9.59 Å². The molecule has 94 valence electrons. The van der Waals surface area contributed by atoms with Crippen molar-refractivity contribution in [2.24, 2.45) is 0 Å². The quantitative estimate of drug-likeness (QED) is 0.611. The Bertz CT molecular complexity index is 476. The summed E-state index contributed by atoms with van der Waals surface area (Å²) in [7, 11) is 0. The smallest absolute Gasteiger partial charge is 0.330 e. The number of nitrogens with zero attached hydrogens (tertiary/aromatic N) is 1. The summed E-state index contributed by atoms with van der Waals surface area (Å²) >= 11 is 1.66. The molecule has 2 heterocycles. The van der Waals surface area contributed by atoms with E-state index >= 15 is 0 Å². The number of carbonyl (C=O) groups excluding carboxylic acids is 2. The van der Waals surface area contributed by atoms with Crippen molar-refractivity contribution in [2.75, 3.05) is 5.75 Å². The first-order chi connectivity index (χ1) is 8.75. The van der Waals surface area contributed by atoms with Crippen LogP contribution >= 0.6 is 11.8 Å². The van der Waals surface area contributed by atoms with Crippen LogP contribution in [0.2, 0.25) is 0 Å². The van der Waals surface area contributed by atoms with Crippen LogP contribution in [0.15, 0.2) is 30.3 Å². The molecule has 1 aromatic rings. The van der Waals surface area contributed by atoms with Gasteiger partial charge in [0.1, 0.15) is 12.6 Å². The molecule has 4 nitrogen and oxygen atoms in total. The van der Waals surface area contributed by atoms with Crippen LogP contribution in [0.25, 0.3) is 0 Å². The summed E-state index contributed by atoms with van der Waals surface area (Å²) in [6, 6.07) is 9.17. The van der Waals surface area contributed by atoms with E-state index in [1.54, 1.807) is 16.7 Å². The van der Waals surface area contributed by atoms with Crippen molar-refractivity contribution >= 4 is 23.6 Å². The van der Waals surface area contributed by atoms with Crippen LogP contribution in [0, 0.1) is 0 Å². The summed E-state index contributed by atoms with van der Waals surface area (Å²) < 4.78 is 5.27. The topological polar surface area (TPSA) is 46.6 Å². The number of amides is 1. The first-order valence-electron chi connectivity index (χ1n) is 5.89. The Morgan fingerprint density at radius 1 is 1.39 bits per heavy atom. The van der Waals surface area contributed by atoms with Crippen molar-refractivity contribution in [3.8, 4) is 0 Å². The van der Waals surface area contributed by atoms with Crippen LogP contribution in [0.4, 0.5) is 0 Å². The lowest BCUT2D eigenvalue weighted by Gasteiger charge is -2.36. The van der Waals surface area contributed by atoms with Crippen molar-refractivity contribution in [3.05, 3.63) is 35.9 Å². The molecule has 0 N–H and O–H groups in total. The molecular weight excluding hydrogens is 250 g/mol. The van der Waals surface area contributed by atoms with Crippen LogP contribution in [-0.2, 0) is 20.9 Å². The number of benzene rings is 1. The van der Waals surface area contributed by atoms with E-state index in [-0.39, 0.29) is 29.9 Å². The molecule has 0 aromatic heterocycles.